The van der Waals surface area contributed by atoms with Crippen molar-refractivity contribution in [2.24, 2.45) is 0 Å². The lowest BCUT2D eigenvalue weighted by atomic mass is 10.2. The second-order valence-corrected chi connectivity index (χ2v) is 6.67. The second-order valence-electron chi connectivity index (χ2n) is 5.81. The molecule has 0 atom stereocenters. The predicted molar refractivity (Wildman–Crippen MR) is 105 cm³/mol. The van der Waals surface area contributed by atoms with Gasteiger partial charge in [0.1, 0.15) is 16.9 Å². The van der Waals surface area contributed by atoms with Crippen molar-refractivity contribution in [2.45, 2.75) is 0 Å². The fourth-order valence-electron chi connectivity index (χ4n) is 2.77. The Morgan fingerprint density at radius 3 is 2.90 bits per heavy atom. The molecule has 0 spiro atoms. The normalized spacial score (nSPS) is 10.8. The number of fused-ring (bicyclic) bond motifs is 1. The second kappa shape index (κ2) is 7.20. The van der Waals surface area contributed by atoms with Crippen LogP contribution in [-0.2, 0) is 0 Å². The van der Waals surface area contributed by atoms with Crippen molar-refractivity contribution < 1.29 is 18.9 Å². The van der Waals surface area contributed by atoms with Crippen LogP contribution in [0.4, 0.5) is 5.69 Å². The van der Waals surface area contributed by atoms with Crippen LogP contribution in [0.2, 0.25) is 0 Å². The van der Waals surface area contributed by atoms with E-state index in [4.69, 9.17) is 9.15 Å². The highest BCUT2D eigenvalue weighted by Crippen LogP contribution is 2.31. The van der Waals surface area contributed by atoms with Crippen LogP contribution in [0.5, 0.6) is 5.75 Å². The van der Waals surface area contributed by atoms with E-state index >= 15 is 0 Å². The van der Waals surface area contributed by atoms with E-state index in [2.05, 4.69) is 10.4 Å². The molecule has 3 aromatic heterocycles. The Balaban J connectivity index is 1.71. The van der Waals surface area contributed by atoms with Gasteiger partial charge in [0, 0.05) is 22.6 Å². The van der Waals surface area contributed by atoms with E-state index in [0.717, 1.165) is 10.7 Å². The van der Waals surface area contributed by atoms with Gasteiger partial charge in [0.2, 0.25) is 0 Å². The number of aromatic nitrogens is 2. The van der Waals surface area contributed by atoms with E-state index in [1.165, 1.54) is 43.2 Å². The quantitative estimate of drug-likeness (QED) is 0.394. The molecule has 1 amide bonds. The molecular weight excluding hydrogens is 400 g/mol. The van der Waals surface area contributed by atoms with Gasteiger partial charge in [-0.05, 0) is 24.3 Å². The molecule has 0 saturated carbocycles. The van der Waals surface area contributed by atoms with Crippen LogP contribution < -0.4 is 15.7 Å². The number of furan rings is 1. The van der Waals surface area contributed by atoms with Crippen LogP contribution in [-0.4, -0.2) is 27.6 Å². The number of hydrogen-bond acceptors (Lipinski definition) is 8. The minimum Gasteiger partial charge on any atom is -0.490 e. The third-order valence-corrected chi connectivity index (χ3v) is 5.03. The van der Waals surface area contributed by atoms with Crippen molar-refractivity contribution in [1.82, 2.24) is 9.66 Å². The van der Waals surface area contributed by atoms with E-state index in [1.54, 1.807) is 17.5 Å². The summed E-state index contributed by atoms with van der Waals surface area (Å²) < 4.78 is 11.2. The number of hydrogen-bond donors (Lipinski definition) is 1. The number of nitrogens with one attached hydrogen (secondary N) is 1. The van der Waals surface area contributed by atoms with E-state index in [-0.39, 0.29) is 17.0 Å². The van der Waals surface area contributed by atoms with Crippen LogP contribution in [0.15, 0.2) is 57.5 Å². The summed E-state index contributed by atoms with van der Waals surface area (Å²) in [4.78, 5) is 40.6. The molecule has 0 fully saturated rings. The van der Waals surface area contributed by atoms with Crippen LogP contribution >= 0.6 is 11.3 Å². The molecule has 1 aromatic carbocycles. The average Bonchev–Trinajstić information content (AvgIpc) is 3.39. The van der Waals surface area contributed by atoms with E-state index in [0.29, 0.717) is 21.5 Å². The molecule has 0 radical (unpaired) electrons. The van der Waals surface area contributed by atoms with Gasteiger partial charge in [-0.1, -0.05) is 0 Å². The van der Waals surface area contributed by atoms with Crippen molar-refractivity contribution in [1.29, 1.82) is 0 Å². The lowest BCUT2D eigenvalue weighted by molar-refractivity contribution is -0.385. The maximum Gasteiger partial charge on any atom is 0.311 e. The maximum absolute atomic E-state index is 12.9. The number of carbonyl (C=O) groups excluding carboxylic acids is 1. The zero-order chi connectivity index (χ0) is 20.5. The number of nitro benzene ring substituents is 1. The Kier molecular flexibility index (Phi) is 4.56. The molecule has 0 bridgehead atoms. The molecule has 10 nitrogen and oxygen atoms in total. The molecule has 4 aromatic rings. The number of benzene rings is 1. The summed E-state index contributed by atoms with van der Waals surface area (Å²) in [7, 11) is 1.29. The van der Waals surface area contributed by atoms with Crippen LogP contribution in [0.25, 0.3) is 21.5 Å². The molecule has 1 N–H and O–H groups in total. The Labute approximate surface area is 166 Å². The highest BCUT2D eigenvalue weighted by atomic mass is 32.1. The molecule has 0 aliphatic rings. The number of nitro groups is 1. The van der Waals surface area contributed by atoms with Crippen molar-refractivity contribution in [2.75, 3.05) is 12.5 Å². The van der Waals surface area contributed by atoms with E-state index in [1.807, 2.05) is 0 Å². The first kappa shape index (κ1) is 18.4. The minimum atomic E-state index is -0.714. The summed E-state index contributed by atoms with van der Waals surface area (Å²) in [5.41, 5.74) is 2.09. The molecule has 0 aliphatic carbocycles. The fraction of sp³-hybridized carbons (Fsp3) is 0.0556. The number of amides is 1. The summed E-state index contributed by atoms with van der Waals surface area (Å²) in [6.07, 6.45) is 2.68. The summed E-state index contributed by atoms with van der Waals surface area (Å²) in [6.45, 7) is 0. The van der Waals surface area contributed by atoms with Gasteiger partial charge in [0.15, 0.2) is 5.75 Å². The molecule has 0 saturated heterocycles. The molecule has 0 unspecified atom stereocenters. The highest BCUT2D eigenvalue weighted by molar-refractivity contribution is 7.17. The van der Waals surface area contributed by atoms with Gasteiger partial charge in [-0.15, -0.1) is 11.3 Å². The van der Waals surface area contributed by atoms with Gasteiger partial charge in [-0.25, -0.2) is 9.66 Å². The molecule has 0 aliphatic heterocycles. The third kappa shape index (κ3) is 3.23. The number of thiophene rings is 1. The average molecular weight is 412 g/mol. The molecule has 11 heteroatoms. The fourth-order valence-corrected chi connectivity index (χ4v) is 3.66. The summed E-state index contributed by atoms with van der Waals surface area (Å²) in [6, 6.07) is 7.16. The van der Waals surface area contributed by atoms with Crippen molar-refractivity contribution in [3.05, 3.63) is 74.3 Å². The molecular formula is C18H12N4O6S. The zero-order valence-corrected chi connectivity index (χ0v) is 15.6. The number of nitrogens with zero attached hydrogens (tertiary/aromatic N) is 3. The first-order chi connectivity index (χ1) is 14.0. The van der Waals surface area contributed by atoms with Crippen LogP contribution in [0.1, 0.15) is 10.4 Å². The third-order valence-electron chi connectivity index (χ3n) is 4.14. The van der Waals surface area contributed by atoms with Crippen LogP contribution in [0, 0.1) is 10.1 Å². The summed E-state index contributed by atoms with van der Waals surface area (Å²) in [5.74, 6) is -0.188. The monoisotopic (exact) mass is 412 g/mol. The lowest BCUT2D eigenvalue weighted by Gasteiger charge is -2.09. The Morgan fingerprint density at radius 2 is 2.21 bits per heavy atom. The number of ether oxygens (including phenoxy) is 1. The molecule has 29 heavy (non-hydrogen) atoms. The standard InChI is InChI=1S/C18H12N4O6S/c1-27-14-5-4-10(7-12(14)22(25)26)16(23)20-21-9-19-17-15(18(21)24)11(8-29-17)13-3-2-6-28-13/h2-9H,1H3,(H,20,23). The van der Waals surface area contributed by atoms with Crippen molar-refractivity contribution in [3.8, 4) is 17.1 Å². The molecule has 4 rings (SSSR count). The number of methoxy groups -OCH3 is 1. The van der Waals surface area contributed by atoms with Gasteiger partial charge < -0.3 is 9.15 Å². The van der Waals surface area contributed by atoms with Gasteiger partial charge >= 0.3 is 5.69 Å². The zero-order valence-electron chi connectivity index (χ0n) is 14.8. The Bertz CT molecular complexity index is 1290. The Morgan fingerprint density at radius 1 is 1.38 bits per heavy atom. The lowest BCUT2D eigenvalue weighted by Crippen LogP contribution is -2.33. The van der Waals surface area contributed by atoms with Gasteiger partial charge in [0.25, 0.3) is 11.5 Å². The maximum atomic E-state index is 12.9. The van der Waals surface area contributed by atoms with Crippen molar-refractivity contribution in [3.63, 3.8) is 0 Å². The summed E-state index contributed by atoms with van der Waals surface area (Å²) >= 11 is 1.27. The number of carbonyl (C=O) groups is 1. The molecule has 3 heterocycles. The summed E-state index contributed by atoms with van der Waals surface area (Å²) in [5, 5.41) is 13.2. The minimum absolute atomic E-state index is 0.0129. The van der Waals surface area contributed by atoms with E-state index in [9.17, 15) is 19.7 Å². The predicted octanol–water partition coefficient (Wildman–Crippen LogP) is 3.02. The van der Waals surface area contributed by atoms with Crippen molar-refractivity contribution >= 4 is 33.1 Å². The first-order valence-corrected chi connectivity index (χ1v) is 9.04. The van der Waals surface area contributed by atoms with Gasteiger partial charge in [0.05, 0.1) is 23.7 Å². The van der Waals surface area contributed by atoms with Gasteiger partial charge in [-0.2, -0.15) is 0 Å². The smallest absolute Gasteiger partial charge is 0.311 e. The topological polar surface area (TPSA) is 130 Å². The molecule has 146 valence electrons. The van der Waals surface area contributed by atoms with E-state index < -0.39 is 16.4 Å². The largest absolute Gasteiger partial charge is 0.490 e. The highest BCUT2D eigenvalue weighted by Gasteiger charge is 2.20. The first-order valence-electron chi connectivity index (χ1n) is 8.16. The number of rotatable bonds is 5. The van der Waals surface area contributed by atoms with Gasteiger partial charge in [-0.3, -0.25) is 25.1 Å². The van der Waals surface area contributed by atoms with Crippen LogP contribution in [0.3, 0.4) is 0 Å². The Hall–Kier alpha value is -3.99. The SMILES string of the molecule is COc1ccc(C(=O)Nn2cnc3scc(-c4ccco4)c3c2=O)cc1[N+](=O)[O-].